The van der Waals surface area contributed by atoms with Crippen molar-refractivity contribution in [2.75, 3.05) is 6.54 Å². The number of benzene rings is 1. The first kappa shape index (κ1) is 16.5. The fraction of sp³-hybridized carbons (Fsp3) is 0.438. The van der Waals surface area contributed by atoms with Crippen LogP contribution in [0.5, 0.6) is 0 Å². The van der Waals surface area contributed by atoms with Crippen LogP contribution < -0.4 is 0 Å². The van der Waals surface area contributed by atoms with Crippen molar-refractivity contribution in [3.8, 4) is 11.4 Å². The van der Waals surface area contributed by atoms with Crippen LogP contribution in [0.4, 0.5) is 13.2 Å². The summed E-state index contributed by atoms with van der Waals surface area (Å²) in [6, 6.07) is 4.25. The Morgan fingerprint density at radius 3 is 2.46 bits per heavy atom. The van der Waals surface area contributed by atoms with Gasteiger partial charge in [0.05, 0.1) is 12.1 Å². The minimum absolute atomic E-state index is 0.0303. The molecule has 2 heterocycles. The van der Waals surface area contributed by atoms with Gasteiger partial charge in [-0.15, -0.1) is 10.2 Å². The third-order valence-corrected chi connectivity index (χ3v) is 4.12. The van der Waals surface area contributed by atoms with Crippen molar-refractivity contribution in [1.82, 2.24) is 19.7 Å². The van der Waals surface area contributed by atoms with Gasteiger partial charge in [0.1, 0.15) is 6.04 Å². The van der Waals surface area contributed by atoms with Crippen molar-refractivity contribution in [2.45, 2.75) is 39.0 Å². The minimum Gasteiger partial charge on any atom is -0.333 e. The first-order chi connectivity index (χ1) is 11.3. The Hall–Kier alpha value is -2.38. The van der Waals surface area contributed by atoms with Gasteiger partial charge >= 0.3 is 6.18 Å². The number of halogens is 3. The number of carbonyl (C=O) groups is 1. The molecule has 8 heteroatoms. The molecule has 0 radical (unpaired) electrons. The molecule has 0 saturated carbocycles. The van der Waals surface area contributed by atoms with Crippen LogP contribution in [-0.4, -0.2) is 32.1 Å². The van der Waals surface area contributed by atoms with Crippen molar-refractivity contribution in [2.24, 2.45) is 0 Å². The van der Waals surface area contributed by atoms with E-state index in [0.29, 0.717) is 30.3 Å². The molecule has 0 saturated heterocycles. The van der Waals surface area contributed by atoms with Gasteiger partial charge in [0.2, 0.25) is 5.91 Å². The van der Waals surface area contributed by atoms with Crippen LogP contribution in [0.25, 0.3) is 11.4 Å². The molecule has 1 aromatic carbocycles. The van der Waals surface area contributed by atoms with Gasteiger partial charge in [0, 0.05) is 12.1 Å². The maximum Gasteiger partial charge on any atom is 0.416 e. The zero-order valence-electron chi connectivity index (χ0n) is 13.3. The van der Waals surface area contributed by atoms with Crippen LogP contribution >= 0.6 is 0 Å². The van der Waals surface area contributed by atoms with E-state index in [4.69, 9.17) is 0 Å². The van der Waals surface area contributed by atoms with Crippen LogP contribution in [-0.2, 0) is 17.5 Å². The highest BCUT2D eigenvalue weighted by atomic mass is 19.4. The van der Waals surface area contributed by atoms with Crippen molar-refractivity contribution >= 4 is 5.91 Å². The van der Waals surface area contributed by atoms with Crippen LogP contribution in [0.2, 0.25) is 0 Å². The van der Waals surface area contributed by atoms with E-state index in [2.05, 4.69) is 10.2 Å². The summed E-state index contributed by atoms with van der Waals surface area (Å²) in [5.41, 5.74) is -0.215. The number of fused-ring (bicyclic) bond motifs is 1. The van der Waals surface area contributed by atoms with Gasteiger partial charge in [-0.25, -0.2) is 0 Å². The van der Waals surface area contributed by atoms with E-state index >= 15 is 0 Å². The summed E-state index contributed by atoms with van der Waals surface area (Å²) in [5.74, 6) is 1.03. The summed E-state index contributed by atoms with van der Waals surface area (Å²) < 4.78 is 39.7. The third-order valence-electron chi connectivity index (χ3n) is 4.12. The van der Waals surface area contributed by atoms with Gasteiger partial charge in [-0.3, -0.25) is 9.36 Å². The van der Waals surface area contributed by atoms with Crippen molar-refractivity contribution < 1.29 is 18.0 Å². The Bertz CT molecular complexity index is 752. The molecule has 128 valence electrons. The normalized spacial score (nSPS) is 18.0. The lowest BCUT2D eigenvalue weighted by molar-refractivity contribution is -0.138. The SMILES string of the molecule is CCCN1Cc2nnc(-c3ccc(C(F)(F)F)cc3)n2[C@@H](C)C1=O. The van der Waals surface area contributed by atoms with E-state index < -0.39 is 17.8 Å². The number of aromatic nitrogens is 3. The first-order valence-electron chi connectivity index (χ1n) is 7.73. The second-order valence-corrected chi connectivity index (χ2v) is 5.82. The number of hydrogen-bond donors (Lipinski definition) is 0. The summed E-state index contributed by atoms with van der Waals surface area (Å²) in [7, 11) is 0. The van der Waals surface area contributed by atoms with E-state index in [1.807, 2.05) is 6.92 Å². The molecule has 0 bridgehead atoms. The molecule has 0 unspecified atom stereocenters. The van der Waals surface area contributed by atoms with Crippen molar-refractivity contribution in [3.05, 3.63) is 35.7 Å². The summed E-state index contributed by atoms with van der Waals surface area (Å²) in [5, 5.41) is 8.21. The molecule has 3 rings (SSSR count). The van der Waals surface area contributed by atoms with Crippen LogP contribution in [0.3, 0.4) is 0 Å². The fourth-order valence-corrected chi connectivity index (χ4v) is 2.93. The van der Waals surface area contributed by atoms with Gasteiger partial charge in [0.15, 0.2) is 11.6 Å². The Morgan fingerprint density at radius 1 is 1.21 bits per heavy atom. The van der Waals surface area contributed by atoms with Crippen LogP contribution in [0.1, 0.15) is 37.7 Å². The second-order valence-electron chi connectivity index (χ2n) is 5.82. The highest BCUT2D eigenvalue weighted by molar-refractivity contribution is 5.82. The number of rotatable bonds is 3. The van der Waals surface area contributed by atoms with E-state index in [1.165, 1.54) is 12.1 Å². The van der Waals surface area contributed by atoms with Gasteiger partial charge in [-0.2, -0.15) is 13.2 Å². The highest BCUT2D eigenvalue weighted by Crippen LogP contribution is 2.32. The zero-order valence-corrected chi connectivity index (χ0v) is 13.3. The van der Waals surface area contributed by atoms with Crippen molar-refractivity contribution in [1.29, 1.82) is 0 Å². The molecule has 0 spiro atoms. The Morgan fingerprint density at radius 2 is 1.88 bits per heavy atom. The average Bonchev–Trinajstić information content (AvgIpc) is 2.96. The van der Waals surface area contributed by atoms with E-state index in [0.717, 1.165) is 18.6 Å². The maximum absolute atomic E-state index is 12.7. The van der Waals surface area contributed by atoms with E-state index in [9.17, 15) is 18.0 Å². The molecule has 0 N–H and O–H groups in total. The number of alkyl halides is 3. The molecule has 0 fully saturated rings. The number of amides is 1. The monoisotopic (exact) mass is 338 g/mol. The van der Waals surface area contributed by atoms with Crippen LogP contribution in [0, 0.1) is 0 Å². The van der Waals surface area contributed by atoms with E-state index in [-0.39, 0.29) is 5.91 Å². The molecule has 1 aromatic heterocycles. The molecular weight excluding hydrogens is 321 g/mol. The third kappa shape index (κ3) is 2.76. The lowest BCUT2D eigenvalue weighted by Crippen LogP contribution is -2.42. The summed E-state index contributed by atoms with van der Waals surface area (Å²) in [6.07, 6.45) is -3.54. The summed E-state index contributed by atoms with van der Waals surface area (Å²) in [6.45, 7) is 4.76. The van der Waals surface area contributed by atoms with E-state index in [1.54, 1.807) is 16.4 Å². The lowest BCUT2D eigenvalue weighted by atomic mass is 10.1. The molecule has 2 aromatic rings. The first-order valence-corrected chi connectivity index (χ1v) is 7.73. The molecule has 24 heavy (non-hydrogen) atoms. The minimum atomic E-state index is -4.38. The summed E-state index contributed by atoms with van der Waals surface area (Å²) >= 11 is 0. The quantitative estimate of drug-likeness (QED) is 0.863. The van der Waals surface area contributed by atoms with Gasteiger partial charge in [0.25, 0.3) is 0 Å². The Balaban J connectivity index is 1.97. The van der Waals surface area contributed by atoms with Gasteiger partial charge in [-0.05, 0) is 25.5 Å². The molecule has 5 nitrogen and oxygen atoms in total. The molecule has 1 atom stereocenters. The predicted molar refractivity (Wildman–Crippen MR) is 80.9 cm³/mol. The smallest absolute Gasteiger partial charge is 0.333 e. The predicted octanol–water partition coefficient (Wildman–Crippen LogP) is 3.28. The Labute approximate surface area is 137 Å². The molecular formula is C16H17F3N4O. The number of hydrogen-bond acceptors (Lipinski definition) is 3. The standard InChI is InChI=1S/C16H17F3N4O/c1-3-8-22-9-13-20-21-14(23(13)10(2)15(22)24)11-4-6-12(7-5-11)16(17,18)19/h4-7,10H,3,8-9H2,1-2H3/t10-/m0/s1. The fourth-order valence-electron chi connectivity index (χ4n) is 2.93. The van der Waals surface area contributed by atoms with Gasteiger partial charge < -0.3 is 4.90 Å². The number of nitrogens with zero attached hydrogens (tertiary/aromatic N) is 4. The zero-order chi connectivity index (χ0) is 17.5. The maximum atomic E-state index is 12.7. The highest BCUT2D eigenvalue weighted by Gasteiger charge is 2.34. The Kier molecular flexibility index (Phi) is 4.06. The van der Waals surface area contributed by atoms with Crippen molar-refractivity contribution in [3.63, 3.8) is 0 Å². The second kappa shape index (κ2) is 5.92. The lowest BCUT2D eigenvalue weighted by Gasteiger charge is -2.31. The molecule has 1 amide bonds. The topological polar surface area (TPSA) is 51.0 Å². The van der Waals surface area contributed by atoms with Gasteiger partial charge in [-0.1, -0.05) is 19.1 Å². The molecule has 0 aliphatic carbocycles. The largest absolute Gasteiger partial charge is 0.416 e. The molecule has 1 aliphatic heterocycles. The number of carbonyl (C=O) groups excluding carboxylic acids is 1. The summed E-state index contributed by atoms with van der Waals surface area (Å²) in [4.78, 5) is 14.2. The molecule has 1 aliphatic rings. The average molecular weight is 338 g/mol. The van der Waals surface area contributed by atoms with Crippen LogP contribution in [0.15, 0.2) is 24.3 Å².